The standard InChI is InChI=1S/C22H23NO5/c24-21(23-17-8-4-5-9-17)20(15-6-2-1-3-7-15)28-22(25)16-10-11-18-19(14-16)27-13-12-26-18/h1-3,6-7,10-11,14,17,20H,4-5,8-9,12-13H2,(H,23,24)/t20-/m1/s1. The maximum Gasteiger partial charge on any atom is 0.339 e. The van der Waals surface area contributed by atoms with Crippen molar-refractivity contribution in [2.24, 2.45) is 0 Å². The van der Waals surface area contributed by atoms with Gasteiger partial charge in [-0.25, -0.2) is 4.79 Å². The number of fused-ring (bicyclic) bond motifs is 1. The second kappa shape index (κ2) is 8.33. The fourth-order valence-electron chi connectivity index (χ4n) is 3.59. The zero-order valence-corrected chi connectivity index (χ0v) is 15.6. The lowest BCUT2D eigenvalue weighted by Crippen LogP contribution is -2.38. The van der Waals surface area contributed by atoms with Gasteiger partial charge in [0, 0.05) is 11.6 Å². The lowest BCUT2D eigenvalue weighted by Gasteiger charge is -2.21. The van der Waals surface area contributed by atoms with Crippen molar-refractivity contribution in [3.63, 3.8) is 0 Å². The molecule has 2 aromatic rings. The predicted molar refractivity (Wildman–Crippen MR) is 102 cm³/mol. The van der Waals surface area contributed by atoms with E-state index in [0.717, 1.165) is 25.7 Å². The van der Waals surface area contributed by atoms with E-state index in [2.05, 4.69) is 5.32 Å². The lowest BCUT2D eigenvalue weighted by molar-refractivity contribution is -0.131. The highest BCUT2D eigenvalue weighted by Crippen LogP contribution is 2.31. The van der Waals surface area contributed by atoms with E-state index < -0.39 is 12.1 Å². The normalized spacial score (nSPS) is 17.0. The van der Waals surface area contributed by atoms with E-state index in [9.17, 15) is 9.59 Å². The van der Waals surface area contributed by atoms with E-state index in [4.69, 9.17) is 14.2 Å². The molecule has 6 nitrogen and oxygen atoms in total. The van der Waals surface area contributed by atoms with Crippen LogP contribution in [0.3, 0.4) is 0 Å². The Morgan fingerprint density at radius 2 is 1.68 bits per heavy atom. The molecule has 1 heterocycles. The number of carbonyl (C=O) groups excluding carboxylic acids is 2. The Morgan fingerprint density at radius 1 is 0.964 bits per heavy atom. The molecular formula is C22H23NO5. The molecule has 1 N–H and O–H groups in total. The number of carbonyl (C=O) groups is 2. The van der Waals surface area contributed by atoms with Crippen LogP contribution in [0.2, 0.25) is 0 Å². The maximum atomic E-state index is 12.9. The molecule has 0 spiro atoms. The number of amides is 1. The van der Waals surface area contributed by atoms with Crippen molar-refractivity contribution in [2.75, 3.05) is 13.2 Å². The zero-order chi connectivity index (χ0) is 19.3. The highest BCUT2D eigenvalue weighted by Gasteiger charge is 2.29. The van der Waals surface area contributed by atoms with Crippen LogP contribution in [0, 0.1) is 0 Å². The highest BCUT2D eigenvalue weighted by molar-refractivity contribution is 5.93. The molecule has 0 aromatic heterocycles. The van der Waals surface area contributed by atoms with Gasteiger partial charge in [0.2, 0.25) is 6.10 Å². The lowest BCUT2D eigenvalue weighted by atomic mass is 10.1. The fourth-order valence-corrected chi connectivity index (χ4v) is 3.59. The molecule has 0 radical (unpaired) electrons. The van der Waals surface area contributed by atoms with E-state index in [1.54, 1.807) is 30.3 Å². The molecule has 1 aliphatic carbocycles. The van der Waals surface area contributed by atoms with Gasteiger partial charge in [0.05, 0.1) is 5.56 Å². The monoisotopic (exact) mass is 381 g/mol. The Bertz CT molecular complexity index is 845. The molecule has 4 rings (SSSR count). The van der Waals surface area contributed by atoms with Gasteiger partial charge in [0.1, 0.15) is 13.2 Å². The summed E-state index contributed by atoms with van der Waals surface area (Å²) < 4.78 is 16.6. The Kier molecular flexibility index (Phi) is 5.46. The number of rotatable bonds is 5. The van der Waals surface area contributed by atoms with Crippen molar-refractivity contribution in [3.05, 3.63) is 59.7 Å². The van der Waals surface area contributed by atoms with Crippen molar-refractivity contribution in [1.82, 2.24) is 5.32 Å². The van der Waals surface area contributed by atoms with Crippen molar-refractivity contribution < 1.29 is 23.8 Å². The Balaban J connectivity index is 1.53. The molecule has 1 amide bonds. The van der Waals surface area contributed by atoms with Crippen LogP contribution in [0.25, 0.3) is 0 Å². The molecule has 28 heavy (non-hydrogen) atoms. The van der Waals surface area contributed by atoms with Crippen LogP contribution in [-0.2, 0) is 9.53 Å². The summed E-state index contributed by atoms with van der Waals surface area (Å²) in [5.41, 5.74) is 0.961. The number of nitrogens with one attached hydrogen (secondary N) is 1. The first-order chi connectivity index (χ1) is 13.7. The third-order valence-corrected chi connectivity index (χ3v) is 5.04. The molecule has 0 bridgehead atoms. The summed E-state index contributed by atoms with van der Waals surface area (Å²) in [6, 6.07) is 14.1. The molecular weight excluding hydrogens is 358 g/mol. The average Bonchev–Trinajstić information content (AvgIpc) is 3.25. The van der Waals surface area contributed by atoms with E-state index in [-0.39, 0.29) is 11.9 Å². The Morgan fingerprint density at radius 3 is 2.43 bits per heavy atom. The SMILES string of the molecule is O=C(O[C@@H](C(=O)NC1CCCC1)c1ccccc1)c1ccc2c(c1)OCCO2. The van der Waals surface area contributed by atoms with E-state index in [1.807, 2.05) is 18.2 Å². The first-order valence-corrected chi connectivity index (χ1v) is 9.66. The second-order valence-corrected chi connectivity index (χ2v) is 7.04. The number of benzene rings is 2. The van der Waals surface area contributed by atoms with Crippen LogP contribution in [0.1, 0.15) is 47.7 Å². The molecule has 0 unspecified atom stereocenters. The molecule has 2 aliphatic rings. The fraction of sp³-hybridized carbons (Fsp3) is 0.364. The van der Waals surface area contributed by atoms with Gasteiger partial charge in [-0.2, -0.15) is 0 Å². The summed E-state index contributed by atoms with van der Waals surface area (Å²) in [5, 5.41) is 3.02. The summed E-state index contributed by atoms with van der Waals surface area (Å²) in [7, 11) is 0. The summed E-state index contributed by atoms with van der Waals surface area (Å²) in [5.74, 6) is 0.241. The van der Waals surface area contributed by atoms with Crippen LogP contribution in [0.5, 0.6) is 11.5 Å². The molecule has 146 valence electrons. The number of hydrogen-bond acceptors (Lipinski definition) is 5. The largest absolute Gasteiger partial charge is 0.486 e. The van der Waals surface area contributed by atoms with Crippen molar-refractivity contribution in [1.29, 1.82) is 0 Å². The molecule has 1 saturated carbocycles. The molecule has 0 saturated heterocycles. The summed E-state index contributed by atoms with van der Waals surface area (Å²) >= 11 is 0. The van der Waals surface area contributed by atoms with Crippen LogP contribution in [0.15, 0.2) is 48.5 Å². The number of esters is 1. The van der Waals surface area contributed by atoms with Gasteiger partial charge in [-0.1, -0.05) is 43.2 Å². The van der Waals surface area contributed by atoms with Gasteiger partial charge in [-0.3, -0.25) is 4.79 Å². The van der Waals surface area contributed by atoms with E-state index in [1.165, 1.54) is 0 Å². The third kappa shape index (κ3) is 4.11. The molecule has 1 aliphatic heterocycles. The van der Waals surface area contributed by atoms with Gasteiger partial charge >= 0.3 is 5.97 Å². The van der Waals surface area contributed by atoms with E-state index >= 15 is 0 Å². The molecule has 2 aromatic carbocycles. The number of hydrogen-bond donors (Lipinski definition) is 1. The summed E-state index contributed by atoms with van der Waals surface area (Å²) in [6.45, 7) is 0.913. The van der Waals surface area contributed by atoms with Crippen LogP contribution in [-0.4, -0.2) is 31.1 Å². The first-order valence-electron chi connectivity index (χ1n) is 9.66. The van der Waals surface area contributed by atoms with Gasteiger partial charge in [0.25, 0.3) is 5.91 Å². The third-order valence-electron chi connectivity index (χ3n) is 5.04. The van der Waals surface area contributed by atoms with Crippen molar-refractivity contribution in [2.45, 2.75) is 37.8 Å². The van der Waals surface area contributed by atoms with Crippen molar-refractivity contribution in [3.8, 4) is 11.5 Å². The second-order valence-electron chi connectivity index (χ2n) is 7.04. The molecule has 6 heteroatoms. The van der Waals surface area contributed by atoms with E-state index in [0.29, 0.717) is 35.8 Å². The highest BCUT2D eigenvalue weighted by atomic mass is 16.6. The maximum absolute atomic E-state index is 12.9. The van der Waals surface area contributed by atoms with Gasteiger partial charge in [-0.05, 0) is 31.0 Å². The topological polar surface area (TPSA) is 73.9 Å². The Labute approximate surface area is 163 Å². The van der Waals surface area contributed by atoms with Gasteiger partial charge in [0.15, 0.2) is 11.5 Å². The minimum absolute atomic E-state index is 0.145. The number of ether oxygens (including phenoxy) is 3. The van der Waals surface area contributed by atoms with Crippen LogP contribution >= 0.6 is 0 Å². The summed E-state index contributed by atoms with van der Waals surface area (Å²) in [4.78, 5) is 25.6. The minimum Gasteiger partial charge on any atom is -0.486 e. The molecule has 1 atom stereocenters. The minimum atomic E-state index is -0.998. The Hall–Kier alpha value is -3.02. The first kappa shape index (κ1) is 18.3. The zero-order valence-electron chi connectivity index (χ0n) is 15.6. The van der Waals surface area contributed by atoms with Crippen molar-refractivity contribution >= 4 is 11.9 Å². The predicted octanol–water partition coefficient (Wildman–Crippen LogP) is 3.41. The van der Waals surface area contributed by atoms with Gasteiger partial charge < -0.3 is 19.5 Å². The molecule has 1 fully saturated rings. The average molecular weight is 381 g/mol. The smallest absolute Gasteiger partial charge is 0.339 e. The van der Waals surface area contributed by atoms with Gasteiger partial charge in [-0.15, -0.1) is 0 Å². The van der Waals surface area contributed by atoms with Crippen LogP contribution in [0.4, 0.5) is 0 Å². The quantitative estimate of drug-likeness (QED) is 0.804. The van der Waals surface area contributed by atoms with Crippen LogP contribution < -0.4 is 14.8 Å². The summed E-state index contributed by atoms with van der Waals surface area (Å²) in [6.07, 6.45) is 3.14.